The molecular formula is C23H38N2O3. The number of ether oxygens (including phenoxy) is 2. The lowest BCUT2D eigenvalue weighted by molar-refractivity contribution is -0.137. The van der Waals surface area contributed by atoms with Crippen LogP contribution in [0.15, 0.2) is 24.3 Å². The summed E-state index contributed by atoms with van der Waals surface area (Å²) in [6.45, 7) is 11.4. The summed E-state index contributed by atoms with van der Waals surface area (Å²) in [6, 6.07) is 8.28. The molecule has 1 fully saturated rings. The number of methoxy groups -OCH3 is 1. The van der Waals surface area contributed by atoms with E-state index in [9.17, 15) is 4.79 Å². The van der Waals surface area contributed by atoms with Crippen LogP contribution >= 0.6 is 0 Å². The molecule has 28 heavy (non-hydrogen) atoms. The van der Waals surface area contributed by atoms with Gasteiger partial charge < -0.3 is 19.7 Å². The molecule has 1 aliphatic heterocycles. The predicted molar refractivity (Wildman–Crippen MR) is 115 cm³/mol. The fourth-order valence-electron chi connectivity index (χ4n) is 3.89. The van der Waals surface area contributed by atoms with Crippen LogP contribution in [0.25, 0.3) is 0 Å². The number of likely N-dealkylation sites (tertiary alicyclic amines) is 1. The number of amides is 1. The number of hydrogen-bond acceptors (Lipinski definition) is 4. The standard InChI is InChI=1S/C23H38N2O3/c1-18(2)17-23(4,27-5)22(26)24-20-10-12-21(13-11-20)28-16-8-15-25-14-7-6-9-19(25)3/h10-13,18-19H,6-9,14-17H2,1-5H3,(H,24,26)/t19-,23-/m0/s1. The van der Waals surface area contributed by atoms with Crippen LogP contribution in [0.5, 0.6) is 5.75 Å². The van der Waals surface area contributed by atoms with Gasteiger partial charge in [0.25, 0.3) is 5.91 Å². The highest BCUT2D eigenvalue weighted by atomic mass is 16.5. The summed E-state index contributed by atoms with van der Waals surface area (Å²) in [5.74, 6) is 1.09. The molecule has 158 valence electrons. The third kappa shape index (κ3) is 6.78. The van der Waals surface area contributed by atoms with Crippen LogP contribution in [0.2, 0.25) is 0 Å². The van der Waals surface area contributed by atoms with E-state index in [-0.39, 0.29) is 5.91 Å². The summed E-state index contributed by atoms with van der Waals surface area (Å²) >= 11 is 0. The molecule has 1 aromatic rings. The van der Waals surface area contributed by atoms with Gasteiger partial charge >= 0.3 is 0 Å². The molecule has 0 spiro atoms. The van der Waals surface area contributed by atoms with E-state index in [1.807, 2.05) is 31.2 Å². The molecule has 1 heterocycles. The zero-order chi connectivity index (χ0) is 20.6. The smallest absolute Gasteiger partial charge is 0.256 e. The first kappa shape index (κ1) is 22.7. The molecule has 1 aromatic carbocycles. The number of nitrogens with zero attached hydrogens (tertiary/aromatic N) is 1. The minimum Gasteiger partial charge on any atom is -0.494 e. The van der Waals surface area contributed by atoms with Crippen LogP contribution in [0.3, 0.4) is 0 Å². The SMILES string of the molecule is CO[C@@](C)(CC(C)C)C(=O)Nc1ccc(OCCCN2CCCC[C@@H]2C)cc1. The van der Waals surface area contributed by atoms with E-state index >= 15 is 0 Å². The highest BCUT2D eigenvalue weighted by Crippen LogP contribution is 2.24. The quantitative estimate of drug-likeness (QED) is 0.587. The largest absolute Gasteiger partial charge is 0.494 e. The normalized spacial score (nSPS) is 20.0. The highest BCUT2D eigenvalue weighted by molar-refractivity contribution is 5.97. The summed E-state index contributed by atoms with van der Waals surface area (Å²) in [4.78, 5) is 15.2. The number of rotatable bonds is 10. The van der Waals surface area contributed by atoms with Gasteiger partial charge in [-0.1, -0.05) is 20.3 Å². The predicted octanol–water partition coefficient (Wildman–Crippen LogP) is 4.72. The van der Waals surface area contributed by atoms with Gasteiger partial charge in [-0.25, -0.2) is 0 Å². The fourth-order valence-corrected chi connectivity index (χ4v) is 3.89. The van der Waals surface area contributed by atoms with E-state index in [0.29, 0.717) is 25.0 Å². The number of nitrogens with one attached hydrogen (secondary N) is 1. The van der Waals surface area contributed by atoms with Crippen molar-refractivity contribution >= 4 is 11.6 Å². The van der Waals surface area contributed by atoms with E-state index < -0.39 is 5.60 Å². The molecule has 0 bridgehead atoms. The van der Waals surface area contributed by atoms with Crippen molar-refractivity contribution in [1.29, 1.82) is 0 Å². The molecule has 1 amide bonds. The van der Waals surface area contributed by atoms with Crippen LogP contribution in [0.1, 0.15) is 59.8 Å². The van der Waals surface area contributed by atoms with Gasteiger partial charge in [0.2, 0.25) is 0 Å². The summed E-state index contributed by atoms with van der Waals surface area (Å²) < 4.78 is 11.4. The van der Waals surface area contributed by atoms with Crippen LogP contribution in [0.4, 0.5) is 5.69 Å². The Morgan fingerprint density at radius 3 is 2.61 bits per heavy atom. The molecule has 1 saturated heterocycles. The monoisotopic (exact) mass is 390 g/mol. The number of carbonyl (C=O) groups excluding carboxylic acids is 1. The Morgan fingerprint density at radius 1 is 1.29 bits per heavy atom. The maximum Gasteiger partial charge on any atom is 0.256 e. The Balaban J connectivity index is 1.77. The fraction of sp³-hybridized carbons (Fsp3) is 0.696. The van der Waals surface area contributed by atoms with Crippen LogP contribution in [0, 0.1) is 5.92 Å². The average molecular weight is 391 g/mol. The number of anilines is 1. The third-order valence-corrected chi connectivity index (χ3v) is 5.64. The topological polar surface area (TPSA) is 50.8 Å². The third-order valence-electron chi connectivity index (χ3n) is 5.64. The molecule has 1 aliphatic rings. The molecule has 1 N–H and O–H groups in total. The van der Waals surface area contributed by atoms with Crippen molar-refractivity contribution in [3.8, 4) is 5.75 Å². The van der Waals surface area contributed by atoms with E-state index in [0.717, 1.165) is 24.4 Å². The van der Waals surface area contributed by atoms with Gasteiger partial charge in [0.15, 0.2) is 0 Å². The molecule has 0 unspecified atom stereocenters. The summed E-state index contributed by atoms with van der Waals surface area (Å²) in [5, 5.41) is 2.95. The van der Waals surface area contributed by atoms with Crippen molar-refractivity contribution in [2.45, 2.75) is 71.4 Å². The number of benzene rings is 1. The highest BCUT2D eigenvalue weighted by Gasteiger charge is 2.33. The summed E-state index contributed by atoms with van der Waals surface area (Å²) in [5.41, 5.74) is -0.0684. The number of carbonyl (C=O) groups is 1. The van der Waals surface area contributed by atoms with Gasteiger partial charge in [0.05, 0.1) is 6.61 Å². The summed E-state index contributed by atoms with van der Waals surface area (Å²) in [6.07, 6.45) is 5.69. The zero-order valence-electron chi connectivity index (χ0n) is 18.3. The van der Waals surface area contributed by atoms with Crippen LogP contribution < -0.4 is 10.1 Å². The lowest BCUT2D eigenvalue weighted by Crippen LogP contribution is -2.43. The second kappa shape index (κ2) is 10.8. The molecule has 0 radical (unpaired) electrons. The van der Waals surface area contributed by atoms with Gasteiger partial charge in [0, 0.05) is 25.4 Å². The van der Waals surface area contributed by atoms with Gasteiger partial charge in [-0.3, -0.25) is 4.79 Å². The molecule has 5 nitrogen and oxygen atoms in total. The van der Waals surface area contributed by atoms with Crippen molar-refractivity contribution in [3.05, 3.63) is 24.3 Å². The minimum absolute atomic E-state index is 0.118. The first-order valence-corrected chi connectivity index (χ1v) is 10.7. The van der Waals surface area contributed by atoms with Crippen molar-refractivity contribution in [1.82, 2.24) is 4.90 Å². The van der Waals surface area contributed by atoms with E-state index in [4.69, 9.17) is 9.47 Å². The van der Waals surface area contributed by atoms with Crippen molar-refractivity contribution in [3.63, 3.8) is 0 Å². The molecule has 2 rings (SSSR count). The molecule has 2 atom stereocenters. The molecular weight excluding hydrogens is 352 g/mol. The van der Waals surface area contributed by atoms with E-state index in [2.05, 4.69) is 31.0 Å². The second-order valence-electron chi connectivity index (χ2n) is 8.59. The Labute approximate surface area is 170 Å². The van der Waals surface area contributed by atoms with Gasteiger partial charge in [0.1, 0.15) is 11.4 Å². The Kier molecular flexibility index (Phi) is 8.77. The molecule has 0 aromatic heterocycles. The van der Waals surface area contributed by atoms with E-state index in [1.54, 1.807) is 7.11 Å². The van der Waals surface area contributed by atoms with Crippen molar-refractivity contribution in [2.75, 3.05) is 32.1 Å². The average Bonchev–Trinajstić information content (AvgIpc) is 2.67. The van der Waals surface area contributed by atoms with Crippen molar-refractivity contribution < 1.29 is 14.3 Å². The molecule has 0 aliphatic carbocycles. The minimum atomic E-state index is -0.824. The first-order valence-electron chi connectivity index (χ1n) is 10.7. The van der Waals surface area contributed by atoms with Crippen molar-refractivity contribution in [2.24, 2.45) is 5.92 Å². The van der Waals surface area contributed by atoms with Crippen LogP contribution in [-0.2, 0) is 9.53 Å². The van der Waals surface area contributed by atoms with Crippen LogP contribution in [-0.4, -0.2) is 49.3 Å². The maximum atomic E-state index is 12.6. The van der Waals surface area contributed by atoms with E-state index in [1.165, 1.54) is 25.8 Å². The van der Waals surface area contributed by atoms with Gasteiger partial charge in [-0.15, -0.1) is 0 Å². The molecule has 5 heteroatoms. The zero-order valence-corrected chi connectivity index (χ0v) is 18.3. The Bertz CT molecular complexity index is 602. The first-order chi connectivity index (χ1) is 13.3. The Morgan fingerprint density at radius 2 is 2.00 bits per heavy atom. The lowest BCUT2D eigenvalue weighted by atomic mass is 9.93. The number of hydrogen-bond donors (Lipinski definition) is 1. The van der Waals surface area contributed by atoms with Gasteiger partial charge in [-0.05, 0) is 76.3 Å². The second-order valence-corrected chi connectivity index (χ2v) is 8.59. The Hall–Kier alpha value is -1.59. The number of piperidine rings is 1. The lowest BCUT2D eigenvalue weighted by Gasteiger charge is -2.33. The molecule has 0 saturated carbocycles. The van der Waals surface area contributed by atoms with Gasteiger partial charge in [-0.2, -0.15) is 0 Å². The summed E-state index contributed by atoms with van der Waals surface area (Å²) in [7, 11) is 1.59. The maximum absolute atomic E-state index is 12.6.